The molecule has 1 rings (SSSR count). The van der Waals surface area contributed by atoms with Gasteiger partial charge in [-0.3, -0.25) is 28.8 Å². The molecule has 0 aliphatic rings. The number of hydrogen-bond acceptors (Lipinski definition) is 9. The second-order valence-corrected chi connectivity index (χ2v) is 20.1. The van der Waals surface area contributed by atoms with Gasteiger partial charge in [0.1, 0.15) is 24.2 Å². The van der Waals surface area contributed by atoms with Crippen molar-refractivity contribution in [1.82, 2.24) is 26.6 Å². The summed E-state index contributed by atoms with van der Waals surface area (Å²) in [6.07, 6.45) is 37.1. The van der Waals surface area contributed by atoms with Crippen LogP contribution in [0.5, 0.6) is 0 Å². The van der Waals surface area contributed by atoms with Crippen LogP contribution in [0.15, 0.2) is 30.3 Å². The van der Waals surface area contributed by atoms with Gasteiger partial charge in [0.15, 0.2) is 1.41 Å². The Morgan fingerprint density at radius 1 is 0.522 bits per heavy atom. The van der Waals surface area contributed by atoms with E-state index >= 15 is 0 Å². The zero-order valence-electron chi connectivity index (χ0n) is 44.2. The number of carbonyl (C=O) groups excluding carboxylic acids is 6. The maximum Gasteiger partial charge on any atom is 0.245 e. The monoisotopic (exact) mass is 988 g/mol. The van der Waals surface area contributed by atoms with E-state index in [0.717, 1.165) is 44.3 Å². The van der Waals surface area contributed by atoms with Crippen molar-refractivity contribution in [3.05, 3.63) is 35.9 Å². The van der Waals surface area contributed by atoms with Crippen LogP contribution in [-0.2, 0) is 35.2 Å². The van der Waals surface area contributed by atoms with E-state index in [1.165, 1.54) is 160 Å². The van der Waals surface area contributed by atoms with Crippen molar-refractivity contribution < 1.29 is 40.4 Å². The molecular formula is C55H96N5O8S. The van der Waals surface area contributed by atoms with E-state index in [1.54, 1.807) is 36.6 Å². The summed E-state index contributed by atoms with van der Waals surface area (Å²) < 4.78 is 8.78. The molecule has 0 saturated carbocycles. The average molecular weight is 988 g/mol. The first kappa shape index (κ1) is 61.6. The zero-order chi connectivity index (χ0) is 51.5. The van der Waals surface area contributed by atoms with Crippen LogP contribution in [0, 0.1) is 0 Å². The molecule has 0 aliphatic carbocycles. The van der Waals surface area contributed by atoms with Gasteiger partial charge in [0.05, 0.1) is 19.3 Å². The van der Waals surface area contributed by atoms with Crippen LogP contribution in [0.1, 0.15) is 219 Å². The van der Waals surface area contributed by atoms with E-state index in [4.69, 9.17) is 1.41 Å². The van der Waals surface area contributed by atoms with Gasteiger partial charge in [-0.1, -0.05) is 218 Å². The largest absolute Gasteiger partial charge is 0.394 e. The first-order valence-corrected chi connectivity index (χ1v) is 28.4. The molecule has 14 heteroatoms. The summed E-state index contributed by atoms with van der Waals surface area (Å²) in [5, 5.41) is 30.9. The second-order valence-electron chi connectivity index (χ2n) is 19.0. The molecule has 0 unspecified atom stereocenters. The molecule has 0 aliphatic heterocycles. The fourth-order valence-electron chi connectivity index (χ4n) is 8.25. The summed E-state index contributed by atoms with van der Waals surface area (Å²) in [5.74, 6) is -3.04. The lowest BCUT2D eigenvalue weighted by Gasteiger charge is -2.25. The number of thioether (sulfide) groups is 1. The first-order chi connectivity index (χ1) is 34.0. The van der Waals surface area contributed by atoms with Crippen molar-refractivity contribution in [2.75, 3.05) is 24.7 Å². The highest BCUT2D eigenvalue weighted by Crippen LogP contribution is 2.17. The molecule has 0 aromatic heterocycles. The van der Waals surface area contributed by atoms with Crippen LogP contribution in [0.25, 0.3) is 0 Å². The number of aliphatic hydroxyl groups excluding tert-OH is 2. The second kappa shape index (κ2) is 44.5. The smallest absolute Gasteiger partial charge is 0.245 e. The predicted octanol–water partition coefficient (Wildman–Crippen LogP) is 9.24. The maximum atomic E-state index is 13.8. The van der Waals surface area contributed by atoms with Crippen molar-refractivity contribution >= 4 is 47.6 Å². The highest BCUT2D eigenvalue weighted by molar-refractivity contribution is 7.99. The summed E-state index contributed by atoms with van der Waals surface area (Å²) in [7, 11) is 0. The number of amides is 5. The van der Waals surface area contributed by atoms with Crippen LogP contribution in [0.4, 0.5) is 0 Å². The minimum atomic E-state index is -1.58. The van der Waals surface area contributed by atoms with Crippen molar-refractivity contribution in [2.24, 2.45) is 0 Å². The minimum Gasteiger partial charge on any atom is -0.394 e. The molecule has 0 fully saturated rings. The molecule has 1 radical (unpaired) electrons. The Bertz CT molecular complexity index is 1510. The normalized spacial score (nSPS) is 13.6. The molecular weight excluding hydrogens is 891 g/mol. The molecule has 5 amide bonds. The summed E-state index contributed by atoms with van der Waals surface area (Å²) in [5.41, 5.74) is 0.697. The molecule has 7 N–H and O–H groups in total. The lowest BCUT2D eigenvalue weighted by atomic mass is 10.0. The van der Waals surface area contributed by atoms with Gasteiger partial charge >= 0.3 is 0 Å². The van der Waals surface area contributed by atoms with E-state index in [-0.39, 0.29) is 18.6 Å². The Hall–Kier alpha value is -3.49. The molecule has 13 nitrogen and oxygen atoms in total. The zero-order valence-corrected chi connectivity index (χ0v) is 44.0. The van der Waals surface area contributed by atoms with Gasteiger partial charge in [0.25, 0.3) is 0 Å². The Kier molecular flexibility index (Phi) is 39.7. The van der Waals surface area contributed by atoms with Gasteiger partial charge in [-0.2, -0.15) is 11.8 Å². The molecule has 5 atom stereocenters. The topological polar surface area (TPSA) is 203 Å². The highest BCUT2D eigenvalue weighted by atomic mass is 32.2. The number of benzene rings is 1. The minimum absolute atomic E-state index is 0.0337. The number of nitrogens with one attached hydrogen (secondary N) is 5. The van der Waals surface area contributed by atoms with Gasteiger partial charge in [0, 0.05) is 18.6 Å². The summed E-state index contributed by atoms with van der Waals surface area (Å²) in [6.45, 7) is 4.16. The predicted molar refractivity (Wildman–Crippen MR) is 283 cm³/mol. The van der Waals surface area contributed by atoms with Gasteiger partial charge in [-0.05, 0) is 31.1 Å². The Balaban J connectivity index is 2.78. The number of rotatable bonds is 47. The fraction of sp³-hybridized carbons (Fsp3) is 0.782. The highest BCUT2D eigenvalue weighted by Gasteiger charge is 2.31. The maximum absolute atomic E-state index is 13.8. The molecule has 1 aromatic rings. The van der Waals surface area contributed by atoms with Crippen LogP contribution >= 0.6 is 11.8 Å². The molecule has 1 aromatic carbocycles. The SMILES string of the molecule is [2H]N(C(=O)CCCCCCCCCCCCCCC)[C@@H](CSCCCCCCCCCCCCCCCCCC)C(=O)N[C@@H](CO)C(=O)N[C@@H](CO)C(=O)N[C@@H](Cc1ccccc1)C(=O)N[C@@H](C)[C]=O. The molecule has 395 valence electrons. The van der Waals surface area contributed by atoms with Crippen LogP contribution in [0.2, 0.25) is 1.41 Å². The molecule has 0 heterocycles. The Morgan fingerprint density at radius 3 is 1.29 bits per heavy atom. The third kappa shape index (κ3) is 34.5. The third-order valence-electron chi connectivity index (χ3n) is 12.6. The van der Waals surface area contributed by atoms with Crippen molar-refractivity contribution in [1.29, 1.82) is 0 Å². The standard InChI is InChI=1S/C55H96N5O8S/c1-4-6-8-10-12-14-16-18-19-20-22-24-26-28-30-35-39-69-44-50(57-51(64)38-34-29-27-25-23-21-17-15-13-11-9-7-5-2)55(68)60-49(43-63)54(67)59-48(42-62)53(66)58-47(52(65)56-45(3)41-61)40-46-36-32-31-33-37-46/h31-33,36-37,45,47-50,62-63H,4-30,34-35,38-40,42-44H2,1-3H3,(H,56,65)(H,57,64)(H,58,66)(H,59,67)(H,60,68)/t45-,47-,48-,49-,50-/m0/s1/i/hD. The number of aliphatic hydroxyl groups is 2. The van der Waals surface area contributed by atoms with E-state index in [1.807, 2.05) is 0 Å². The van der Waals surface area contributed by atoms with E-state index < -0.39 is 73.0 Å². The van der Waals surface area contributed by atoms with E-state index in [0.29, 0.717) is 17.3 Å². The lowest BCUT2D eigenvalue weighted by Crippen LogP contribution is -2.60. The van der Waals surface area contributed by atoms with Crippen molar-refractivity contribution in [3.8, 4) is 0 Å². The quantitative estimate of drug-likeness (QED) is 0.0311. The van der Waals surface area contributed by atoms with Crippen LogP contribution < -0.4 is 26.6 Å². The first-order valence-electron chi connectivity index (χ1n) is 27.7. The average Bonchev–Trinajstić information content (AvgIpc) is 3.36. The lowest BCUT2D eigenvalue weighted by molar-refractivity contribution is -0.135. The third-order valence-corrected chi connectivity index (χ3v) is 13.7. The van der Waals surface area contributed by atoms with Crippen molar-refractivity contribution in [3.63, 3.8) is 0 Å². The summed E-state index contributed by atoms with van der Waals surface area (Å²) in [4.78, 5) is 78.2. The van der Waals surface area contributed by atoms with E-state index in [9.17, 15) is 39.0 Å². The van der Waals surface area contributed by atoms with Gasteiger partial charge in [-0.15, -0.1) is 0 Å². The van der Waals surface area contributed by atoms with Gasteiger partial charge in [0.2, 0.25) is 35.8 Å². The molecule has 0 bridgehead atoms. The van der Waals surface area contributed by atoms with Crippen LogP contribution in [-0.4, -0.2) is 101 Å². The molecule has 0 saturated heterocycles. The molecule has 69 heavy (non-hydrogen) atoms. The van der Waals surface area contributed by atoms with Gasteiger partial charge < -0.3 is 36.8 Å². The van der Waals surface area contributed by atoms with Crippen molar-refractivity contribution in [2.45, 2.75) is 250 Å². The molecule has 0 spiro atoms. The number of unbranched alkanes of at least 4 members (excludes halogenated alkanes) is 27. The Labute approximate surface area is 423 Å². The van der Waals surface area contributed by atoms with E-state index in [2.05, 4.69) is 35.1 Å². The fourth-order valence-corrected chi connectivity index (χ4v) is 9.28. The number of carbonyl (C=O) groups is 5. The summed E-state index contributed by atoms with van der Waals surface area (Å²) >= 11 is 1.47. The van der Waals surface area contributed by atoms with Crippen LogP contribution in [0.3, 0.4) is 0 Å². The summed E-state index contributed by atoms with van der Waals surface area (Å²) in [6, 6.07) is 2.24. The Morgan fingerprint density at radius 2 is 0.884 bits per heavy atom. The number of hydrogen-bond donors (Lipinski definition) is 7. The van der Waals surface area contributed by atoms with Gasteiger partial charge in [-0.25, -0.2) is 0 Å².